The third-order valence-electron chi connectivity index (χ3n) is 2.63. The van der Waals surface area contributed by atoms with Gasteiger partial charge in [-0.15, -0.1) is 0 Å². The summed E-state index contributed by atoms with van der Waals surface area (Å²) in [5, 5.41) is 13.3. The van der Waals surface area contributed by atoms with Crippen LogP contribution in [0.5, 0.6) is 11.5 Å². The van der Waals surface area contributed by atoms with E-state index < -0.39 is 0 Å². The zero-order chi connectivity index (χ0) is 11.5. The van der Waals surface area contributed by atoms with Gasteiger partial charge in [0.15, 0.2) is 0 Å². The Hall–Kier alpha value is -0.780. The number of methoxy groups -OCH3 is 1. The van der Waals surface area contributed by atoms with Crippen molar-refractivity contribution < 1.29 is 14.6 Å². The van der Waals surface area contributed by atoms with Gasteiger partial charge in [0.25, 0.3) is 0 Å². The van der Waals surface area contributed by atoms with Crippen LogP contribution >= 0.6 is 15.9 Å². The van der Waals surface area contributed by atoms with E-state index in [1.54, 1.807) is 7.11 Å². The lowest BCUT2D eigenvalue weighted by Gasteiger charge is -2.25. The lowest BCUT2D eigenvalue weighted by atomic mass is 10.1. The maximum Gasteiger partial charge on any atom is 0.138 e. The molecule has 1 aliphatic heterocycles. The Morgan fingerprint density at radius 1 is 1.56 bits per heavy atom. The molecule has 0 aliphatic carbocycles. The van der Waals surface area contributed by atoms with Gasteiger partial charge < -0.3 is 19.9 Å². The van der Waals surface area contributed by atoms with E-state index in [2.05, 4.69) is 21.2 Å². The maximum atomic E-state index is 10.0. The SMILES string of the molecule is COc1ccc(C2COCCN2)c(O)c1Br. The van der Waals surface area contributed by atoms with E-state index in [1.165, 1.54) is 0 Å². The van der Waals surface area contributed by atoms with Gasteiger partial charge in [-0.25, -0.2) is 0 Å². The zero-order valence-electron chi connectivity index (χ0n) is 9.00. The largest absolute Gasteiger partial charge is 0.506 e. The van der Waals surface area contributed by atoms with E-state index in [1.807, 2.05) is 12.1 Å². The molecule has 0 aromatic heterocycles. The average Bonchev–Trinajstić information content (AvgIpc) is 2.34. The van der Waals surface area contributed by atoms with Crippen molar-refractivity contribution in [2.24, 2.45) is 0 Å². The first-order valence-corrected chi connectivity index (χ1v) is 5.90. The summed E-state index contributed by atoms with van der Waals surface area (Å²) in [5.41, 5.74) is 0.826. The molecule has 0 amide bonds. The summed E-state index contributed by atoms with van der Waals surface area (Å²) < 4.78 is 11.1. The Morgan fingerprint density at radius 2 is 2.38 bits per heavy atom. The third-order valence-corrected chi connectivity index (χ3v) is 3.40. The molecular formula is C11H14BrNO3. The highest BCUT2D eigenvalue weighted by atomic mass is 79.9. The molecule has 1 aliphatic rings. The fourth-order valence-corrected chi connectivity index (χ4v) is 2.29. The van der Waals surface area contributed by atoms with Crippen molar-refractivity contribution in [1.29, 1.82) is 0 Å². The molecule has 1 saturated heterocycles. The number of nitrogens with one attached hydrogen (secondary N) is 1. The molecule has 2 N–H and O–H groups in total. The summed E-state index contributed by atoms with van der Waals surface area (Å²) >= 11 is 3.31. The number of phenolic OH excluding ortho intramolecular Hbond substituents is 1. The highest BCUT2D eigenvalue weighted by molar-refractivity contribution is 9.10. The predicted molar refractivity (Wildman–Crippen MR) is 63.9 cm³/mol. The second-order valence-electron chi connectivity index (χ2n) is 3.60. The van der Waals surface area contributed by atoms with E-state index in [0.717, 1.165) is 12.1 Å². The van der Waals surface area contributed by atoms with Crippen molar-refractivity contribution in [2.45, 2.75) is 6.04 Å². The first-order valence-electron chi connectivity index (χ1n) is 5.10. The van der Waals surface area contributed by atoms with Gasteiger partial charge in [0.1, 0.15) is 16.0 Å². The summed E-state index contributed by atoms with van der Waals surface area (Å²) in [6.45, 7) is 2.09. The Kier molecular flexibility index (Phi) is 3.68. The topological polar surface area (TPSA) is 50.7 Å². The molecule has 16 heavy (non-hydrogen) atoms. The standard InChI is InChI=1S/C11H14BrNO3/c1-15-9-3-2-7(11(14)10(9)12)8-6-16-5-4-13-8/h2-3,8,13-14H,4-6H2,1H3. The zero-order valence-corrected chi connectivity index (χ0v) is 10.6. The molecule has 1 heterocycles. The molecule has 4 nitrogen and oxygen atoms in total. The number of morpholine rings is 1. The Bertz CT molecular complexity index is 378. The second kappa shape index (κ2) is 5.03. The smallest absolute Gasteiger partial charge is 0.138 e. The minimum Gasteiger partial charge on any atom is -0.506 e. The molecule has 88 valence electrons. The molecule has 0 saturated carbocycles. The molecule has 0 bridgehead atoms. The van der Waals surface area contributed by atoms with Crippen LogP contribution in [0.4, 0.5) is 0 Å². The summed E-state index contributed by atoms with van der Waals surface area (Å²) in [5.74, 6) is 0.834. The van der Waals surface area contributed by atoms with Gasteiger partial charge in [-0.05, 0) is 28.1 Å². The van der Waals surface area contributed by atoms with Gasteiger partial charge in [-0.2, -0.15) is 0 Å². The van der Waals surface area contributed by atoms with Crippen molar-refractivity contribution in [3.63, 3.8) is 0 Å². The highest BCUT2D eigenvalue weighted by Gasteiger charge is 2.21. The van der Waals surface area contributed by atoms with Crippen LogP contribution in [-0.4, -0.2) is 32.0 Å². The second-order valence-corrected chi connectivity index (χ2v) is 4.39. The number of halogens is 1. The van der Waals surface area contributed by atoms with E-state index in [-0.39, 0.29) is 11.8 Å². The van der Waals surface area contributed by atoms with Crippen molar-refractivity contribution >= 4 is 15.9 Å². The van der Waals surface area contributed by atoms with Crippen LogP contribution < -0.4 is 10.1 Å². The van der Waals surface area contributed by atoms with Gasteiger partial charge in [-0.1, -0.05) is 0 Å². The monoisotopic (exact) mass is 287 g/mol. The van der Waals surface area contributed by atoms with Crippen LogP contribution in [0, 0.1) is 0 Å². The van der Waals surface area contributed by atoms with Crippen molar-refractivity contribution in [3.05, 3.63) is 22.2 Å². The van der Waals surface area contributed by atoms with Gasteiger partial charge >= 0.3 is 0 Å². The lowest BCUT2D eigenvalue weighted by molar-refractivity contribution is 0.0760. The van der Waals surface area contributed by atoms with Crippen LogP contribution in [0.15, 0.2) is 16.6 Å². The van der Waals surface area contributed by atoms with E-state index in [0.29, 0.717) is 23.4 Å². The summed E-state index contributed by atoms with van der Waals surface area (Å²) in [4.78, 5) is 0. The fourth-order valence-electron chi connectivity index (χ4n) is 1.76. The van der Waals surface area contributed by atoms with Gasteiger partial charge in [0.2, 0.25) is 0 Å². The van der Waals surface area contributed by atoms with Crippen LogP contribution in [0.1, 0.15) is 11.6 Å². The molecule has 0 radical (unpaired) electrons. The van der Waals surface area contributed by atoms with Crippen LogP contribution in [0.25, 0.3) is 0 Å². The quantitative estimate of drug-likeness (QED) is 0.871. The maximum absolute atomic E-state index is 10.0. The van der Waals surface area contributed by atoms with Crippen LogP contribution in [-0.2, 0) is 4.74 Å². The van der Waals surface area contributed by atoms with E-state index in [9.17, 15) is 5.11 Å². The minimum atomic E-state index is 0.0379. The molecule has 1 fully saturated rings. The molecule has 1 aromatic rings. The number of aromatic hydroxyl groups is 1. The first kappa shape index (κ1) is 11.7. The minimum absolute atomic E-state index is 0.0379. The molecular weight excluding hydrogens is 274 g/mol. The summed E-state index contributed by atoms with van der Waals surface area (Å²) in [7, 11) is 1.57. The number of rotatable bonds is 2. The number of benzene rings is 1. The van der Waals surface area contributed by atoms with Gasteiger partial charge in [-0.3, -0.25) is 0 Å². The molecule has 1 aromatic carbocycles. The van der Waals surface area contributed by atoms with Crippen LogP contribution in [0.2, 0.25) is 0 Å². The fraction of sp³-hybridized carbons (Fsp3) is 0.455. The first-order chi connectivity index (χ1) is 7.74. The van der Waals surface area contributed by atoms with Crippen LogP contribution in [0.3, 0.4) is 0 Å². The third kappa shape index (κ3) is 2.16. The Balaban J connectivity index is 2.30. The number of hydrogen-bond donors (Lipinski definition) is 2. The molecule has 1 atom stereocenters. The lowest BCUT2D eigenvalue weighted by Crippen LogP contribution is -2.34. The number of ether oxygens (including phenoxy) is 2. The van der Waals surface area contributed by atoms with E-state index >= 15 is 0 Å². The Labute approximate surface area is 103 Å². The predicted octanol–water partition coefficient (Wildman–Crippen LogP) is 1.82. The highest BCUT2D eigenvalue weighted by Crippen LogP contribution is 2.39. The van der Waals surface area contributed by atoms with Crippen molar-refractivity contribution in [3.8, 4) is 11.5 Å². The molecule has 1 unspecified atom stereocenters. The van der Waals surface area contributed by atoms with Crippen molar-refractivity contribution in [2.75, 3.05) is 26.9 Å². The normalized spacial score (nSPS) is 20.8. The Morgan fingerprint density at radius 3 is 3.00 bits per heavy atom. The van der Waals surface area contributed by atoms with Gasteiger partial charge in [0.05, 0.1) is 26.4 Å². The number of phenols is 1. The summed E-state index contributed by atoms with van der Waals surface area (Å²) in [6.07, 6.45) is 0. The summed E-state index contributed by atoms with van der Waals surface area (Å²) in [6, 6.07) is 3.72. The molecule has 0 spiro atoms. The molecule has 5 heteroatoms. The average molecular weight is 288 g/mol. The van der Waals surface area contributed by atoms with Gasteiger partial charge in [0, 0.05) is 12.1 Å². The van der Waals surface area contributed by atoms with E-state index in [4.69, 9.17) is 9.47 Å². The molecule has 2 rings (SSSR count). The number of hydrogen-bond acceptors (Lipinski definition) is 4. The van der Waals surface area contributed by atoms with Crippen molar-refractivity contribution in [1.82, 2.24) is 5.32 Å².